The van der Waals surface area contributed by atoms with Crippen molar-refractivity contribution in [2.24, 2.45) is 0 Å². The van der Waals surface area contributed by atoms with Gasteiger partial charge in [0.2, 0.25) is 0 Å². The Morgan fingerprint density at radius 1 is 0.950 bits per heavy atom. The second-order valence-corrected chi connectivity index (χ2v) is 13.0. The lowest BCUT2D eigenvalue weighted by atomic mass is 10.0. The third-order valence-electron chi connectivity index (χ3n) is 6.74. The standard InChI is InChI=1S/C26H26F3N3O6S2/c1-37-26-14-20(6-8-23(26)29)39(33,34)32-16-19(15-30-40(35,36)31-10-2-3-11-31)38-25-9-4-17(12-24(25)32)21-13-18(27)5-7-22(21)28/h4-9,12-14,19,30H,2-3,10-11,15-16H2,1H3/t19-/m0/s1. The van der Waals surface area contributed by atoms with Crippen LogP contribution in [0.4, 0.5) is 18.9 Å². The van der Waals surface area contributed by atoms with Gasteiger partial charge in [-0.3, -0.25) is 4.31 Å². The molecule has 2 aliphatic heterocycles. The summed E-state index contributed by atoms with van der Waals surface area (Å²) in [7, 11) is -7.00. The molecule has 9 nitrogen and oxygen atoms in total. The fourth-order valence-electron chi connectivity index (χ4n) is 4.68. The fourth-order valence-corrected chi connectivity index (χ4v) is 7.51. The van der Waals surface area contributed by atoms with Crippen molar-refractivity contribution >= 4 is 25.9 Å². The summed E-state index contributed by atoms with van der Waals surface area (Å²) in [5, 5.41) is 0. The number of sulfonamides is 1. The Morgan fingerprint density at radius 3 is 2.40 bits per heavy atom. The lowest BCUT2D eigenvalue weighted by Gasteiger charge is -2.36. The quantitative estimate of drug-likeness (QED) is 0.425. The van der Waals surface area contributed by atoms with Gasteiger partial charge in [0.15, 0.2) is 11.6 Å². The van der Waals surface area contributed by atoms with Crippen LogP contribution in [0, 0.1) is 17.5 Å². The van der Waals surface area contributed by atoms with Gasteiger partial charge in [0.1, 0.15) is 23.5 Å². The third kappa shape index (κ3) is 5.48. The van der Waals surface area contributed by atoms with Crippen LogP contribution >= 0.6 is 0 Å². The van der Waals surface area contributed by atoms with Crippen molar-refractivity contribution in [1.82, 2.24) is 9.03 Å². The molecular formula is C26H26F3N3O6S2. The lowest BCUT2D eigenvalue weighted by molar-refractivity contribution is 0.202. The zero-order chi connectivity index (χ0) is 28.7. The topological polar surface area (TPSA) is 105 Å². The Morgan fingerprint density at radius 2 is 1.68 bits per heavy atom. The molecule has 0 spiro atoms. The van der Waals surface area contributed by atoms with Gasteiger partial charge in [-0.15, -0.1) is 0 Å². The Balaban J connectivity index is 1.54. The lowest BCUT2D eigenvalue weighted by Crippen LogP contribution is -2.50. The summed E-state index contributed by atoms with van der Waals surface area (Å²) in [5.41, 5.74) is 0.108. The van der Waals surface area contributed by atoms with E-state index in [9.17, 15) is 30.0 Å². The van der Waals surface area contributed by atoms with E-state index in [2.05, 4.69) is 4.72 Å². The Bertz CT molecular complexity index is 1650. The highest BCUT2D eigenvalue weighted by Gasteiger charge is 2.36. The average Bonchev–Trinajstić information content (AvgIpc) is 3.49. The van der Waals surface area contributed by atoms with Crippen molar-refractivity contribution in [2.75, 3.05) is 37.6 Å². The predicted octanol–water partition coefficient (Wildman–Crippen LogP) is 3.67. The van der Waals surface area contributed by atoms with Crippen molar-refractivity contribution in [3.63, 3.8) is 0 Å². The highest BCUT2D eigenvalue weighted by atomic mass is 32.2. The maximum absolute atomic E-state index is 14.6. The number of benzene rings is 3. The number of nitrogens with one attached hydrogen (secondary N) is 1. The largest absolute Gasteiger partial charge is 0.494 e. The molecule has 0 aromatic heterocycles. The highest BCUT2D eigenvalue weighted by Crippen LogP contribution is 2.41. The third-order valence-corrected chi connectivity index (χ3v) is 10.1. The van der Waals surface area contributed by atoms with Crippen LogP contribution in [0.25, 0.3) is 11.1 Å². The SMILES string of the molecule is COc1cc(S(=O)(=O)N2C[C@H](CNS(=O)(=O)N3CCCC3)Oc3ccc(-c4cc(F)ccc4F)cc32)ccc1F. The van der Waals surface area contributed by atoms with E-state index in [-0.39, 0.29) is 46.3 Å². The molecule has 0 amide bonds. The smallest absolute Gasteiger partial charge is 0.279 e. The highest BCUT2D eigenvalue weighted by molar-refractivity contribution is 7.92. The van der Waals surface area contributed by atoms with Crippen LogP contribution in [0.5, 0.6) is 11.5 Å². The van der Waals surface area contributed by atoms with Crippen LogP contribution in [0.1, 0.15) is 12.8 Å². The van der Waals surface area contributed by atoms with Gasteiger partial charge in [0.25, 0.3) is 20.2 Å². The number of hydrogen-bond acceptors (Lipinski definition) is 6. The monoisotopic (exact) mass is 597 g/mol. The van der Waals surface area contributed by atoms with Crippen molar-refractivity contribution < 1.29 is 39.5 Å². The summed E-state index contributed by atoms with van der Waals surface area (Å²) in [6.45, 7) is 0.204. The van der Waals surface area contributed by atoms with E-state index in [1.165, 1.54) is 29.6 Å². The van der Waals surface area contributed by atoms with Crippen LogP contribution in [0.15, 0.2) is 59.5 Å². The minimum absolute atomic E-state index is 0.0168. The summed E-state index contributed by atoms with van der Waals surface area (Å²) in [5.74, 6) is -2.37. The van der Waals surface area contributed by atoms with Crippen molar-refractivity contribution in [1.29, 1.82) is 0 Å². The molecule has 0 unspecified atom stereocenters. The number of rotatable bonds is 8. The Labute approximate surface area is 230 Å². The van der Waals surface area contributed by atoms with Gasteiger partial charge in [-0.05, 0) is 60.9 Å². The van der Waals surface area contributed by atoms with Gasteiger partial charge in [0, 0.05) is 24.7 Å². The molecule has 1 N–H and O–H groups in total. The number of halogens is 3. The molecule has 214 valence electrons. The van der Waals surface area contributed by atoms with E-state index in [4.69, 9.17) is 9.47 Å². The molecule has 0 radical (unpaired) electrons. The summed E-state index contributed by atoms with van der Waals surface area (Å²) in [6, 6.07) is 10.2. The van der Waals surface area contributed by atoms with Crippen LogP contribution in [-0.4, -0.2) is 60.5 Å². The first-order valence-corrected chi connectivity index (χ1v) is 15.2. The van der Waals surface area contributed by atoms with Crippen molar-refractivity contribution in [3.8, 4) is 22.6 Å². The number of hydrogen-bond donors (Lipinski definition) is 1. The van der Waals surface area contributed by atoms with E-state index in [0.717, 1.165) is 53.5 Å². The van der Waals surface area contributed by atoms with Crippen molar-refractivity contribution in [2.45, 2.75) is 23.8 Å². The molecule has 14 heteroatoms. The minimum Gasteiger partial charge on any atom is -0.494 e. The Kier molecular flexibility index (Phi) is 7.70. The minimum atomic E-state index is -4.39. The van der Waals surface area contributed by atoms with E-state index in [0.29, 0.717) is 13.1 Å². The van der Waals surface area contributed by atoms with Gasteiger partial charge in [-0.25, -0.2) is 21.6 Å². The average molecular weight is 598 g/mol. The number of nitrogens with zero attached hydrogens (tertiary/aromatic N) is 2. The second-order valence-electron chi connectivity index (χ2n) is 9.34. The van der Waals surface area contributed by atoms with Gasteiger partial charge < -0.3 is 9.47 Å². The molecule has 0 saturated carbocycles. The molecule has 2 aliphatic rings. The number of ether oxygens (including phenoxy) is 2. The molecule has 0 bridgehead atoms. The Hall–Kier alpha value is -3.33. The molecule has 0 aliphatic carbocycles. The van der Waals surface area contributed by atoms with Gasteiger partial charge in [-0.1, -0.05) is 6.07 Å². The van der Waals surface area contributed by atoms with E-state index in [1.807, 2.05) is 0 Å². The summed E-state index contributed by atoms with van der Waals surface area (Å²) in [6.07, 6.45) is 0.546. The summed E-state index contributed by atoms with van der Waals surface area (Å²) >= 11 is 0. The molecule has 40 heavy (non-hydrogen) atoms. The van der Waals surface area contributed by atoms with E-state index >= 15 is 0 Å². The van der Waals surface area contributed by atoms with E-state index < -0.39 is 43.8 Å². The molecule has 3 aromatic rings. The summed E-state index contributed by atoms with van der Waals surface area (Å²) < 4.78 is 111. The number of fused-ring (bicyclic) bond motifs is 1. The predicted molar refractivity (Wildman–Crippen MR) is 141 cm³/mol. The molecule has 1 fully saturated rings. The molecular weight excluding hydrogens is 571 g/mol. The van der Waals surface area contributed by atoms with Gasteiger partial charge >= 0.3 is 0 Å². The first kappa shape index (κ1) is 28.2. The zero-order valence-electron chi connectivity index (χ0n) is 21.3. The number of methoxy groups -OCH3 is 1. The van der Waals surface area contributed by atoms with Crippen LogP contribution < -0.4 is 18.5 Å². The van der Waals surface area contributed by atoms with E-state index in [1.54, 1.807) is 0 Å². The van der Waals surface area contributed by atoms with Crippen LogP contribution in [0.3, 0.4) is 0 Å². The maximum Gasteiger partial charge on any atom is 0.279 e. The first-order valence-electron chi connectivity index (χ1n) is 12.4. The number of anilines is 1. The molecule has 2 heterocycles. The first-order chi connectivity index (χ1) is 19.0. The maximum atomic E-state index is 14.6. The fraction of sp³-hybridized carbons (Fsp3) is 0.308. The van der Waals surface area contributed by atoms with Crippen LogP contribution in [-0.2, 0) is 20.2 Å². The molecule has 1 atom stereocenters. The van der Waals surface area contributed by atoms with Crippen LogP contribution in [0.2, 0.25) is 0 Å². The van der Waals surface area contributed by atoms with Crippen molar-refractivity contribution in [3.05, 3.63) is 72.0 Å². The van der Waals surface area contributed by atoms with Gasteiger partial charge in [0.05, 0.1) is 30.8 Å². The normalized spacial score (nSPS) is 17.9. The summed E-state index contributed by atoms with van der Waals surface area (Å²) in [4.78, 5) is -0.294. The molecule has 3 aromatic carbocycles. The molecule has 5 rings (SSSR count). The zero-order valence-corrected chi connectivity index (χ0v) is 22.9. The molecule has 1 saturated heterocycles. The second kappa shape index (κ2) is 10.9. The van der Waals surface area contributed by atoms with Gasteiger partial charge in [-0.2, -0.15) is 17.4 Å².